The summed E-state index contributed by atoms with van der Waals surface area (Å²) in [6.45, 7) is -0.619. The Labute approximate surface area is 68.0 Å². The lowest BCUT2D eigenvalue weighted by molar-refractivity contribution is 0.250. The van der Waals surface area contributed by atoms with Gasteiger partial charge < -0.3 is 9.73 Å². The zero-order valence-electron chi connectivity index (χ0n) is 6.21. The summed E-state index contributed by atoms with van der Waals surface area (Å²) in [4.78, 5) is 14.4. The fourth-order valence-corrected chi connectivity index (χ4v) is 0.587. The summed E-state index contributed by atoms with van der Waals surface area (Å²) in [7, 11) is 0. The Hall–Kier alpha value is -1.59. The monoisotopic (exact) mass is 173 g/mol. The van der Waals surface area contributed by atoms with E-state index in [1.165, 1.54) is 12.5 Å². The number of nitrogens with zero attached hydrogens (tertiary/aromatic N) is 1. The van der Waals surface area contributed by atoms with E-state index in [2.05, 4.69) is 15.6 Å². The Bertz CT molecular complexity index is 237. The second-order valence-corrected chi connectivity index (χ2v) is 1.91. The molecule has 1 aromatic heterocycles. The molecule has 66 valence electrons. The number of carbonyl (C=O) groups is 1. The van der Waals surface area contributed by atoms with Crippen molar-refractivity contribution in [3.05, 3.63) is 12.5 Å². The van der Waals surface area contributed by atoms with Crippen LogP contribution in [-0.4, -0.2) is 24.2 Å². The topological polar surface area (TPSA) is 67.2 Å². The minimum Gasteiger partial charge on any atom is -0.432 e. The van der Waals surface area contributed by atoms with Crippen LogP contribution in [0.2, 0.25) is 0 Å². The van der Waals surface area contributed by atoms with Crippen LogP contribution in [0, 0.1) is 0 Å². The van der Waals surface area contributed by atoms with Crippen LogP contribution in [0.25, 0.3) is 0 Å². The van der Waals surface area contributed by atoms with Crippen LogP contribution in [0.3, 0.4) is 0 Å². The quantitative estimate of drug-likeness (QED) is 0.709. The molecule has 12 heavy (non-hydrogen) atoms. The Morgan fingerprint density at radius 1 is 1.75 bits per heavy atom. The van der Waals surface area contributed by atoms with Crippen molar-refractivity contribution in [2.45, 2.75) is 0 Å². The predicted molar refractivity (Wildman–Crippen MR) is 39.5 cm³/mol. The Morgan fingerprint density at radius 2 is 2.58 bits per heavy atom. The number of oxazole rings is 1. The van der Waals surface area contributed by atoms with E-state index < -0.39 is 12.7 Å². The first-order chi connectivity index (χ1) is 5.83. The summed E-state index contributed by atoms with van der Waals surface area (Å²) >= 11 is 0. The molecule has 1 aromatic rings. The fraction of sp³-hybridized carbons (Fsp3) is 0.333. The van der Waals surface area contributed by atoms with Crippen molar-refractivity contribution in [2.75, 3.05) is 18.5 Å². The van der Waals surface area contributed by atoms with Crippen molar-refractivity contribution < 1.29 is 13.6 Å². The van der Waals surface area contributed by atoms with Gasteiger partial charge in [-0.3, -0.25) is 5.32 Å². The second kappa shape index (κ2) is 4.32. The van der Waals surface area contributed by atoms with E-state index in [0.717, 1.165) is 0 Å². The van der Waals surface area contributed by atoms with Crippen LogP contribution in [0.15, 0.2) is 16.9 Å². The third-order valence-corrected chi connectivity index (χ3v) is 1.03. The number of hydrogen-bond donors (Lipinski definition) is 2. The molecule has 0 saturated heterocycles. The van der Waals surface area contributed by atoms with Gasteiger partial charge in [-0.2, -0.15) is 0 Å². The maximum absolute atomic E-state index is 11.6. The van der Waals surface area contributed by atoms with Crippen LogP contribution < -0.4 is 10.6 Å². The lowest BCUT2D eigenvalue weighted by Crippen LogP contribution is -2.30. The first-order valence-corrected chi connectivity index (χ1v) is 3.33. The van der Waals surface area contributed by atoms with Crippen molar-refractivity contribution in [1.29, 1.82) is 0 Å². The van der Waals surface area contributed by atoms with Crippen LogP contribution in [0.1, 0.15) is 0 Å². The van der Waals surface area contributed by atoms with E-state index in [1.54, 1.807) is 0 Å². The lowest BCUT2D eigenvalue weighted by Gasteiger charge is -2.00. The van der Waals surface area contributed by atoms with Gasteiger partial charge in [-0.1, -0.05) is 0 Å². The largest absolute Gasteiger partial charge is 0.432 e. The molecule has 0 aromatic carbocycles. The molecule has 5 nitrogen and oxygen atoms in total. The molecular formula is C6H8FN3O2. The summed E-state index contributed by atoms with van der Waals surface area (Å²) < 4.78 is 16.3. The molecule has 0 aliphatic rings. The molecule has 1 rings (SSSR count). The third-order valence-electron chi connectivity index (χ3n) is 1.03. The number of carbonyl (C=O) groups excluding carboxylic acids is 1. The van der Waals surface area contributed by atoms with Gasteiger partial charge in [0.25, 0.3) is 0 Å². The van der Waals surface area contributed by atoms with Gasteiger partial charge in [-0.05, 0) is 0 Å². The molecule has 0 radical (unpaired) electrons. The van der Waals surface area contributed by atoms with Crippen molar-refractivity contribution in [3.63, 3.8) is 0 Å². The SMILES string of the molecule is O=C(NCCF)Nc1ncco1. The van der Waals surface area contributed by atoms with Crippen LogP contribution >= 0.6 is 0 Å². The number of anilines is 1. The number of hydrogen-bond acceptors (Lipinski definition) is 3. The molecule has 0 saturated carbocycles. The van der Waals surface area contributed by atoms with E-state index in [9.17, 15) is 9.18 Å². The number of nitrogens with one attached hydrogen (secondary N) is 2. The maximum atomic E-state index is 11.6. The molecule has 6 heteroatoms. The predicted octanol–water partition coefficient (Wildman–Crippen LogP) is 0.766. The van der Waals surface area contributed by atoms with Gasteiger partial charge in [0.05, 0.1) is 6.20 Å². The molecule has 0 spiro atoms. The van der Waals surface area contributed by atoms with Crippen molar-refractivity contribution in [3.8, 4) is 0 Å². The molecule has 2 amide bonds. The average molecular weight is 173 g/mol. The first-order valence-electron chi connectivity index (χ1n) is 3.33. The van der Waals surface area contributed by atoms with Crippen molar-refractivity contribution in [2.24, 2.45) is 0 Å². The summed E-state index contributed by atoms with van der Waals surface area (Å²) in [6.07, 6.45) is 2.72. The third kappa shape index (κ3) is 2.57. The molecule has 1 heterocycles. The van der Waals surface area contributed by atoms with Gasteiger partial charge in [0, 0.05) is 6.54 Å². The van der Waals surface area contributed by atoms with Gasteiger partial charge in [-0.25, -0.2) is 14.2 Å². The zero-order valence-corrected chi connectivity index (χ0v) is 6.21. The molecule has 0 fully saturated rings. The summed E-state index contributed by atoms with van der Waals surface area (Å²) in [5.41, 5.74) is 0. The number of aromatic nitrogens is 1. The lowest BCUT2D eigenvalue weighted by atomic mass is 10.7. The van der Waals surface area contributed by atoms with E-state index in [0.29, 0.717) is 0 Å². The standard InChI is InChI=1S/C6H8FN3O2/c7-1-2-8-5(11)10-6-9-3-4-12-6/h3-4H,1-2H2,(H2,8,9,10,11). The molecule has 0 atom stereocenters. The van der Waals surface area contributed by atoms with Crippen molar-refractivity contribution in [1.82, 2.24) is 10.3 Å². The molecule has 0 aliphatic carbocycles. The fourth-order valence-electron chi connectivity index (χ4n) is 0.587. The summed E-state index contributed by atoms with van der Waals surface area (Å²) in [5, 5.41) is 4.51. The Morgan fingerprint density at radius 3 is 3.17 bits per heavy atom. The highest BCUT2D eigenvalue weighted by atomic mass is 19.1. The Balaban J connectivity index is 2.27. The Kier molecular flexibility index (Phi) is 3.06. The van der Waals surface area contributed by atoms with Crippen molar-refractivity contribution >= 4 is 12.0 Å². The summed E-state index contributed by atoms with van der Waals surface area (Å²) in [6, 6.07) is -0.443. The molecule has 2 N–H and O–H groups in total. The normalized spacial score (nSPS) is 9.42. The number of urea groups is 1. The highest BCUT2D eigenvalue weighted by molar-refractivity contribution is 5.86. The molecule has 0 bridgehead atoms. The van der Waals surface area contributed by atoms with Gasteiger partial charge in [0.15, 0.2) is 0 Å². The number of halogens is 1. The molecule has 0 aliphatic heterocycles. The van der Waals surface area contributed by atoms with E-state index in [1.807, 2.05) is 0 Å². The maximum Gasteiger partial charge on any atom is 0.322 e. The number of amides is 2. The van der Waals surface area contributed by atoms with Crippen LogP contribution in [0.5, 0.6) is 0 Å². The number of alkyl halides is 1. The zero-order chi connectivity index (χ0) is 8.81. The highest BCUT2D eigenvalue weighted by Gasteiger charge is 2.02. The van der Waals surface area contributed by atoms with E-state index in [4.69, 9.17) is 4.42 Å². The smallest absolute Gasteiger partial charge is 0.322 e. The van der Waals surface area contributed by atoms with E-state index in [-0.39, 0.29) is 12.6 Å². The van der Waals surface area contributed by atoms with Gasteiger partial charge >= 0.3 is 12.0 Å². The minimum absolute atomic E-state index is 0.0213. The van der Waals surface area contributed by atoms with Gasteiger partial charge in [0.2, 0.25) is 0 Å². The molecule has 0 unspecified atom stereocenters. The van der Waals surface area contributed by atoms with Gasteiger partial charge in [-0.15, -0.1) is 0 Å². The highest BCUT2D eigenvalue weighted by Crippen LogP contribution is 1.99. The first kappa shape index (κ1) is 8.51. The number of rotatable bonds is 3. The minimum atomic E-state index is -0.598. The van der Waals surface area contributed by atoms with Crippen LogP contribution in [0.4, 0.5) is 15.2 Å². The van der Waals surface area contributed by atoms with Gasteiger partial charge in [0.1, 0.15) is 12.9 Å². The average Bonchev–Trinajstić information content (AvgIpc) is 2.53. The summed E-state index contributed by atoms with van der Waals surface area (Å²) in [5.74, 6) is 0. The molecular weight excluding hydrogens is 165 g/mol. The van der Waals surface area contributed by atoms with Crippen LogP contribution in [-0.2, 0) is 0 Å². The second-order valence-electron chi connectivity index (χ2n) is 1.91. The van der Waals surface area contributed by atoms with E-state index >= 15 is 0 Å².